The van der Waals surface area contributed by atoms with E-state index in [1.54, 1.807) is 0 Å². The van der Waals surface area contributed by atoms with Gasteiger partial charge in [-0.3, -0.25) is 0 Å². The number of ether oxygens (including phenoxy) is 1. The summed E-state index contributed by atoms with van der Waals surface area (Å²) < 4.78 is 5.35. The highest BCUT2D eigenvalue weighted by molar-refractivity contribution is 5.38. The fourth-order valence-electron chi connectivity index (χ4n) is 3.67. The lowest BCUT2D eigenvalue weighted by Crippen LogP contribution is -2.46. The van der Waals surface area contributed by atoms with Crippen molar-refractivity contribution in [2.75, 3.05) is 19.8 Å². The van der Waals surface area contributed by atoms with Crippen LogP contribution >= 0.6 is 0 Å². The third-order valence-corrected chi connectivity index (χ3v) is 5.22. The summed E-state index contributed by atoms with van der Waals surface area (Å²) in [6.45, 7) is 6.66. The Labute approximate surface area is 127 Å². The van der Waals surface area contributed by atoms with E-state index >= 15 is 0 Å². The Balaban J connectivity index is 1.72. The average molecular weight is 289 g/mol. The second-order valence-electron chi connectivity index (χ2n) is 7.28. The first-order valence-corrected chi connectivity index (χ1v) is 8.13. The molecule has 0 aromatic heterocycles. The highest BCUT2D eigenvalue weighted by atomic mass is 16.5. The lowest BCUT2D eigenvalue weighted by Gasteiger charge is -2.39. The number of fused-ring (bicyclic) bond motifs is 1. The number of nitrogens with one attached hydrogen (secondary N) is 1. The van der Waals surface area contributed by atoms with Gasteiger partial charge in [0.05, 0.1) is 5.60 Å². The maximum absolute atomic E-state index is 10.6. The number of aliphatic hydroxyl groups is 1. The normalized spacial score (nSPS) is 27.1. The molecule has 3 rings (SSSR count). The van der Waals surface area contributed by atoms with Gasteiger partial charge in [0.2, 0.25) is 0 Å². The molecule has 1 aromatic carbocycles. The first kappa shape index (κ1) is 15.0. The minimum absolute atomic E-state index is 0.254. The molecule has 3 heteroatoms. The van der Waals surface area contributed by atoms with Crippen LogP contribution in [0.1, 0.15) is 56.7 Å². The van der Waals surface area contributed by atoms with Crippen LogP contribution in [-0.2, 0) is 10.2 Å². The summed E-state index contributed by atoms with van der Waals surface area (Å²) in [5, 5.41) is 14.2. The second-order valence-corrected chi connectivity index (χ2v) is 7.28. The van der Waals surface area contributed by atoms with E-state index in [2.05, 4.69) is 43.4 Å². The Hall–Kier alpha value is -0.900. The van der Waals surface area contributed by atoms with Gasteiger partial charge in [0.1, 0.15) is 0 Å². The summed E-state index contributed by atoms with van der Waals surface area (Å²) in [6.07, 6.45) is 3.79. The molecule has 1 atom stereocenters. The zero-order valence-electron chi connectivity index (χ0n) is 13.2. The van der Waals surface area contributed by atoms with Crippen LogP contribution in [0.25, 0.3) is 0 Å². The van der Waals surface area contributed by atoms with Gasteiger partial charge in [0, 0.05) is 38.6 Å². The van der Waals surface area contributed by atoms with Crippen LogP contribution in [0.3, 0.4) is 0 Å². The van der Waals surface area contributed by atoms with Crippen molar-refractivity contribution >= 4 is 0 Å². The highest BCUT2D eigenvalue weighted by Gasteiger charge is 2.34. The Morgan fingerprint density at radius 3 is 2.67 bits per heavy atom. The third-order valence-electron chi connectivity index (χ3n) is 5.22. The SMILES string of the molecule is CC1(C)CCC(NCC2(O)CCOCC2)c2ccccc21. The molecule has 2 aliphatic rings. The van der Waals surface area contributed by atoms with Crippen LogP contribution in [0, 0.1) is 0 Å². The first-order chi connectivity index (χ1) is 10.0. The van der Waals surface area contributed by atoms with Crippen LogP contribution in [0.15, 0.2) is 24.3 Å². The Morgan fingerprint density at radius 2 is 1.90 bits per heavy atom. The van der Waals surface area contributed by atoms with E-state index in [-0.39, 0.29) is 5.41 Å². The van der Waals surface area contributed by atoms with Crippen molar-refractivity contribution in [2.24, 2.45) is 0 Å². The van der Waals surface area contributed by atoms with Gasteiger partial charge in [-0.25, -0.2) is 0 Å². The molecule has 116 valence electrons. The molecule has 1 heterocycles. The van der Waals surface area contributed by atoms with E-state index in [9.17, 15) is 5.11 Å². The van der Waals surface area contributed by atoms with Crippen molar-refractivity contribution in [1.29, 1.82) is 0 Å². The standard InChI is InChI=1S/C18H27NO2/c1-17(2)8-7-16(14-5-3-4-6-15(14)17)19-13-18(20)9-11-21-12-10-18/h3-6,16,19-20H,7-13H2,1-2H3. The maximum atomic E-state index is 10.6. The van der Waals surface area contributed by atoms with Gasteiger partial charge in [-0.1, -0.05) is 38.1 Å². The molecule has 0 spiro atoms. The molecule has 1 fully saturated rings. The van der Waals surface area contributed by atoms with Crippen LogP contribution in [-0.4, -0.2) is 30.5 Å². The predicted molar refractivity (Wildman–Crippen MR) is 84.4 cm³/mol. The summed E-state index contributed by atoms with van der Waals surface area (Å²) in [7, 11) is 0. The lowest BCUT2D eigenvalue weighted by atomic mass is 9.71. The molecule has 1 aliphatic heterocycles. The number of benzene rings is 1. The summed E-state index contributed by atoms with van der Waals surface area (Å²) in [6, 6.07) is 9.11. The van der Waals surface area contributed by atoms with Gasteiger partial charge in [0.15, 0.2) is 0 Å². The van der Waals surface area contributed by atoms with E-state index in [4.69, 9.17) is 4.74 Å². The minimum atomic E-state index is -0.597. The lowest BCUT2D eigenvalue weighted by molar-refractivity contribution is -0.0631. The van der Waals surface area contributed by atoms with Crippen molar-refractivity contribution < 1.29 is 9.84 Å². The summed E-state index contributed by atoms with van der Waals surface area (Å²) in [4.78, 5) is 0. The molecule has 1 aromatic rings. The fourth-order valence-corrected chi connectivity index (χ4v) is 3.67. The van der Waals surface area contributed by atoms with Crippen molar-refractivity contribution in [3.63, 3.8) is 0 Å². The van der Waals surface area contributed by atoms with Gasteiger partial charge in [-0.05, 0) is 29.4 Å². The molecule has 0 saturated carbocycles. The van der Waals surface area contributed by atoms with Crippen LogP contribution < -0.4 is 5.32 Å². The Morgan fingerprint density at radius 1 is 1.19 bits per heavy atom. The quantitative estimate of drug-likeness (QED) is 0.899. The van der Waals surface area contributed by atoms with Gasteiger partial charge < -0.3 is 15.2 Å². The topological polar surface area (TPSA) is 41.5 Å². The number of rotatable bonds is 3. The van der Waals surface area contributed by atoms with Crippen molar-refractivity contribution in [3.05, 3.63) is 35.4 Å². The van der Waals surface area contributed by atoms with Crippen LogP contribution in [0.4, 0.5) is 0 Å². The average Bonchev–Trinajstić information content (AvgIpc) is 2.47. The summed E-state index contributed by atoms with van der Waals surface area (Å²) >= 11 is 0. The second kappa shape index (κ2) is 5.71. The largest absolute Gasteiger partial charge is 0.388 e. The van der Waals surface area contributed by atoms with Crippen molar-refractivity contribution in [3.8, 4) is 0 Å². The van der Waals surface area contributed by atoms with E-state index in [0.29, 0.717) is 25.8 Å². The van der Waals surface area contributed by atoms with Crippen LogP contribution in [0.2, 0.25) is 0 Å². The van der Waals surface area contributed by atoms with Crippen molar-refractivity contribution in [1.82, 2.24) is 5.32 Å². The molecule has 21 heavy (non-hydrogen) atoms. The van der Waals surface area contributed by atoms with Gasteiger partial charge in [0.25, 0.3) is 0 Å². The van der Waals surface area contributed by atoms with E-state index in [1.165, 1.54) is 17.5 Å². The third kappa shape index (κ3) is 3.15. The number of hydrogen-bond donors (Lipinski definition) is 2. The molecule has 1 unspecified atom stereocenters. The molecular weight excluding hydrogens is 262 g/mol. The molecule has 3 nitrogen and oxygen atoms in total. The zero-order chi connectivity index (χ0) is 14.9. The highest BCUT2D eigenvalue weighted by Crippen LogP contribution is 2.41. The smallest absolute Gasteiger partial charge is 0.0815 e. The Bertz CT molecular complexity index is 492. The van der Waals surface area contributed by atoms with Gasteiger partial charge in [-0.2, -0.15) is 0 Å². The van der Waals surface area contributed by atoms with Crippen molar-refractivity contribution in [2.45, 2.75) is 56.6 Å². The first-order valence-electron chi connectivity index (χ1n) is 8.13. The molecule has 0 bridgehead atoms. The van der Waals surface area contributed by atoms with Gasteiger partial charge in [-0.15, -0.1) is 0 Å². The predicted octanol–water partition coefficient (Wildman–Crippen LogP) is 2.93. The van der Waals surface area contributed by atoms with E-state index in [1.807, 2.05) is 0 Å². The molecule has 1 aliphatic carbocycles. The van der Waals surface area contributed by atoms with E-state index in [0.717, 1.165) is 19.3 Å². The molecule has 2 N–H and O–H groups in total. The monoisotopic (exact) mass is 289 g/mol. The van der Waals surface area contributed by atoms with Gasteiger partial charge >= 0.3 is 0 Å². The number of hydrogen-bond acceptors (Lipinski definition) is 3. The Kier molecular flexibility index (Phi) is 4.08. The zero-order valence-corrected chi connectivity index (χ0v) is 13.2. The minimum Gasteiger partial charge on any atom is -0.388 e. The maximum Gasteiger partial charge on any atom is 0.0815 e. The van der Waals surface area contributed by atoms with E-state index < -0.39 is 5.60 Å². The molecule has 0 amide bonds. The van der Waals surface area contributed by atoms with Crippen LogP contribution in [0.5, 0.6) is 0 Å². The molecular formula is C18H27NO2. The molecule has 0 radical (unpaired) electrons. The summed E-state index contributed by atoms with van der Waals surface area (Å²) in [5.74, 6) is 0. The fraction of sp³-hybridized carbons (Fsp3) is 0.667. The molecule has 1 saturated heterocycles. The summed E-state index contributed by atoms with van der Waals surface area (Å²) in [5.41, 5.74) is 2.52.